The summed E-state index contributed by atoms with van der Waals surface area (Å²) in [5, 5.41) is 3.84. The van der Waals surface area contributed by atoms with E-state index in [-0.39, 0.29) is 5.60 Å². The van der Waals surface area contributed by atoms with E-state index in [1.807, 2.05) is 18.5 Å². The summed E-state index contributed by atoms with van der Waals surface area (Å²) in [6.07, 6.45) is 8.19. The van der Waals surface area contributed by atoms with Crippen LogP contribution in [0.25, 0.3) is 0 Å². The maximum Gasteiger partial charge on any atom is 0.225 e. The molecule has 0 aliphatic carbocycles. The van der Waals surface area contributed by atoms with Crippen molar-refractivity contribution >= 4 is 5.95 Å². The van der Waals surface area contributed by atoms with E-state index in [1.54, 1.807) is 0 Å². The minimum atomic E-state index is 0.0223. The standard InChI is InChI=1S/C16H26N4O/c1-16(2)12-14(6-11-21-16)19-13-4-9-20(10-5-13)15-17-7-3-8-18-15/h3,7-8,13-14,19H,4-6,9-12H2,1-2H3. The molecular formula is C16H26N4O. The molecule has 5 nitrogen and oxygen atoms in total. The van der Waals surface area contributed by atoms with Crippen molar-refractivity contribution in [3.05, 3.63) is 18.5 Å². The van der Waals surface area contributed by atoms with Gasteiger partial charge in [-0.25, -0.2) is 9.97 Å². The maximum absolute atomic E-state index is 5.79. The number of nitrogens with one attached hydrogen (secondary N) is 1. The number of rotatable bonds is 3. The average molecular weight is 290 g/mol. The zero-order valence-electron chi connectivity index (χ0n) is 13.1. The van der Waals surface area contributed by atoms with Crippen LogP contribution in [-0.4, -0.2) is 47.3 Å². The van der Waals surface area contributed by atoms with E-state index in [9.17, 15) is 0 Å². The predicted molar refractivity (Wildman–Crippen MR) is 83.5 cm³/mol. The first-order valence-corrected chi connectivity index (χ1v) is 8.04. The summed E-state index contributed by atoms with van der Waals surface area (Å²) >= 11 is 0. The molecule has 116 valence electrons. The average Bonchev–Trinajstić information content (AvgIpc) is 2.48. The lowest BCUT2D eigenvalue weighted by molar-refractivity contribution is -0.0644. The first-order chi connectivity index (χ1) is 10.1. The monoisotopic (exact) mass is 290 g/mol. The van der Waals surface area contributed by atoms with Crippen LogP contribution in [0.5, 0.6) is 0 Å². The van der Waals surface area contributed by atoms with Crippen molar-refractivity contribution in [1.82, 2.24) is 15.3 Å². The van der Waals surface area contributed by atoms with E-state index < -0.39 is 0 Å². The van der Waals surface area contributed by atoms with Gasteiger partial charge in [0.05, 0.1) is 5.60 Å². The molecule has 1 aromatic rings. The fraction of sp³-hybridized carbons (Fsp3) is 0.750. The Balaban J connectivity index is 1.48. The molecule has 2 aliphatic rings. The minimum Gasteiger partial charge on any atom is -0.375 e. The molecule has 5 heteroatoms. The molecule has 1 atom stereocenters. The third-order valence-electron chi connectivity index (χ3n) is 4.50. The Hall–Kier alpha value is -1.20. The molecule has 0 amide bonds. The van der Waals surface area contributed by atoms with Gasteiger partial charge in [0, 0.05) is 44.2 Å². The molecule has 2 saturated heterocycles. The van der Waals surface area contributed by atoms with Crippen molar-refractivity contribution in [1.29, 1.82) is 0 Å². The van der Waals surface area contributed by atoms with Crippen LogP contribution >= 0.6 is 0 Å². The highest BCUT2D eigenvalue weighted by Crippen LogP contribution is 2.25. The van der Waals surface area contributed by atoms with Crippen LogP contribution in [0, 0.1) is 0 Å². The second-order valence-electron chi connectivity index (χ2n) is 6.77. The second kappa shape index (κ2) is 6.28. The van der Waals surface area contributed by atoms with E-state index in [4.69, 9.17) is 4.74 Å². The van der Waals surface area contributed by atoms with E-state index >= 15 is 0 Å². The van der Waals surface area contributed by atoms with E-state index in [0.29, 0.717) is 12.1 Å². The van der Waals surface area contributed by atoms with E-state index in [1.165, 1.54) is 0 Å². The van der Waals surface area contributed by atoms with Crippen LogP contribution in [-0.2, 0) is 4.74 Å². The molecule has 0 radical (unpaired) electrons. The van der Waals surface area contributed by atoms with Crippen molar-refractivity contribution in [2.75, 3.05) is 24.6 Å². The Bertz CT molecular complexity index is 443. The highest BCUT2D eigenvalue weighted by molar-refractivity contribution is 5.29. The van der Waals surface area contributed by atoms with Crippen molar-refractivity contribution in [3.8, 4) is 0 Å². The number of nitrogens with zero attached hydrogens (tertiary/aromatic N) is 3. The lowest BCUT2D eigenvalue weighted by Crippen LogP contribution is -2.50. The Labute approximate surface area is 127 Å². The highest BCUT2D eigenvalue weighted by Gasteiger charge is 2.31. The van der Waals surface area contributed by atoms with Crippen molar-refractivity contribution < 1.29 is 4.74 Å². The van der Waals surface area contributed by atoms with Gasteiger partial charge in [-0.15, -0.1) is 0 Å². The van der Waals surface area contributed by atoms with Crippen molar-refractivity contribution in [2.45, 2.75) is 57.2 Å². The molecule has 2 fully saturated rings. The van der Waals surface area contributed by atoms with E-state index in [0.717, 1.165) is 51.3 Å². The van der Waals surface area contributed by atoms with Crippen LogP contribution in [0.2, 0.25) is 0 Å². The Kier molecular flexibility index (Phi) is 4.40. The smallest absolute Gasteiger partial charge is 0.225 e. The molecule has 2 aliphatic heterocycles. The molecule has 1 aromatic heterocycles. The summed E-state index contributed by atoms with van der Waals surface area (Å²) in [5.74, 6) is 0.864. The van der Waals surface area contributed by atoms with Crippen molar-refractivity contribution in [3.63, 3.8) is 0 Å². The molecule has 21 heavy (non-hydrogen) atoms. The maximum atomic E-state index is 5.79. The first kappa shape index (κ1) is 14.7. The lowest BCUT2D eigenvalue weighted by Gasteiger charge is -2.39. The van der Waals surface area contributed by atoms with E-state index in [2.05, 4.69) is 34.0 Å². The lowest BCUT2D eigenvalue weighted by atomic mass is 9.92. The predicted octanol–water partition coefficient (Wildman–Crippen LogP) is 1.99. The number of hydrogen-bond donors (Lipinski definition) is 1. The van der Waals surface area contributed by atoms with Gasteiger partial charge < -0.3 is 15.0 Å². The van der Waals surface area contributed by atoms with Crippen LogP contribution in [0.15, 0.2) is 18.5 Å². The zero-order chi connectivity index (χ0) is 14.7. The zero-order valence-corrected chi connectivity index (χ0v) is 13.1. The highest BCUT2D eigenvalue weighted by atomic mass is 16.5. The second-order valence-corrected chi connectivity index (χ2v) is 6.77. The van der Waals surface area contributed by atoms with Crippen LogP contribution in [0.1, 0.15) is 39.5 Å². The number of hydrogen-bond acceptors (Lipinski definition) is 5. The SMILES string of the molecule is CC1(C)CC(NC2CCN(c3ncccn3)CC2)CCO1. The molecular weight excluding hydrogens is 264 g/mol. The quantitative estimate of drug-likeness (QED) is 0.922. The van der Waals surface area contributed by atoms with Gasteiger partial charge in [-0.2, -0.15) is 0 Å². The first-order valence-electron chi connectivity index (χ1n) is 8.04. The summed E-state index contributed by atoms with van der Waals surface area (Å²) in [6, 6.07) is 3.08. The summed E-state index contributed by atoms with van der Waals surface area (Å²) in [6.45, 7) is 7.33. The van der Waals surface area contributed by atoms with Crippen molar-refractivity contribution in [2.24, 2.45) is 0 Å². The van der Waals surface area contributed by atoms with Gasteiger partial charge in [0.1, 0.15) is 0 Å². The summed E-state index contributed by atoms with van der Waals surface area (Å²) < 4.78 is 5.79. The fourth-order valence-electron chi connectivity index (χ4n) is 3.41. The van der Waals surface area contributed by atoms with Gasteiger partial charge in [0.15, 0.2) is 0 Å². The van der Waals surface area contributed by atoms with Crippen LogP contribution in [0.3, 0.4) is 0 Å². The molecule has 0 aromatic carbocycles. The normalized spacial score (nSPS) is 26.8. The molecule has 3 heterocycles. The largest absolute Gasteiger partial charge is 0.375 e. The number of piperidine rings is 1. The molecule has 0 spiro atoms. The molecule has 1 unspecified atom stereocenters. The Morgan fingerprint density at radius 2 is 1.86 bits per heavy atom. The Morgan fingerprint density at radius 1 is 1.14 bits per heavy atom. The van der Waals surface area contributed by atoms with Gasteiger partial charge >= 0.3 is 0 Å². The minimum absolute atomic E-state index is 0.0223. The number of ether oxygens (including phenoxy) is 1. The molecule has 0 saturated carbocycles. The van der Waals surface area contributed by atoms with Gasteiger partial charge in [0.25, 0.3) is 0 Å². The summed E-state index contributed by atoms with van der Waals surface area (Å²) in [5.41, 5.74) is 0.0223. The molecule has 3 rings (SSSR count). The Morgan fingerprint density at radius 3 is 2.52 bits per heavy atom. The molecule has 0 bridgehead atoms. The van der Waals surface area contributed by atoms with Gasteiger partial charge in [-0.3, -0.25) is 0 Å². The fourth-order valence-corrected chi connectivity index (χ4v) is 3.41. The van der Waals surface area contributed by atoms with Gasteiger partial charge in [-0.1, -0.05) is 0 Å². The summed E-state index contributed by atoms with van der Waals surface area (Å²) in [4.78, 5) is 11.0. The molecule has 1 N–H and O–H groups in total. The topological polar surface area (TPSA) is 50.3 Å². The van der Waals surface area contributed by atoms with Crippen LogP contribution < -0.4 is 10.2 Å². The summed E-state index contributed by atoms with van der Waals surface area (Å²) in [7, 11) is 0. The third kappa shape index (κ3) is 3.92. The number of aromatic nitrogens is 2. The third-order valence-corrected chi connectivity index (χ3v) is 4.50. The van der Waals surface area contributed by atoms with Gasteiger partial charge in [-0.05, 0) is 45.6 Å². The number of anilines is 1. The van der Waals surface area contributed by atoms with Crippen LogP contribution in [0.4, 0.5) is 5.95 Å². The van der Waals surface area contributed by atoms with Gasteiger partial charge in [0.2, 0.25) is 5.95 Å².